The lowest BCUT2D eigenvalue weighted by Gasteiger charge is -2.39. The van der Waals surface area contributed by atoms with E-state index >= 15 is 0 Å². The Morgan fingerprint density at radius 3 is 3.00 bits per heavy atom. The molecule has 0 amide bonds. The minimum absolute atomic E-state index is 0.0396. The number of methoxy groups -OCH3 is 1. The van der Waals surface area contributed by atoms with Gasteiger partial charge in [-0.2, -0.15) is 0 Å². The molecule has 0 unspecified atom stereocenters. The Morgan fingerprint density at radius 2 is 2.25 bits per heavy atom. The second-order valence-corrected chi connectivity index (χ2v) is 5.36. The molecule has 1 fully saturated rings. The summed E-state index contributed by atoms with van der Waals surface area (Å²) in [5.41, 5.74) is 1.51. The molecule has 2 heteroatoms. The van der Waals surface area contributed by atoms with Crippen LogP contribution in [0.3, 0.4) is 0 Å². The third-order valence-corrected chi connectivity index (χ3v) is 4.28. The first-order chi connectivity index (χ1) is 7.70. The van der Waals surface area contributed by atoms with Gasteiger partial charge in [0.1, 0.15) is 0 Å². The van der Waals surface area contributed by atoms with E-state index in [1.807, 2.05) is 0 Å². The number of hydrogen-bond acceptors (Lipinski definition) is 2. The summed E-state index contributed by atoms with van der Waals surface area (Å²) >= 11 is 0. The van der Waals surface area contributed by atoms with Crippen molar-refractivity contribution in [2.45, 2.75) is 45.4 Å². The van der Waals surface area contributed by atoms with Gasteiger partial charge in [0.2, 0.25) is 0 Å². The highest BCUT2D eigenvalue weighted by Gasteiger charge is 2.34. The van der Waals surface area contributed by atoms with E-state index in [0.29, 0.717) is 18.3 Å². The van der Waals surface area contributed by atoms with Gasteiger partial charge in [0, 0.05) is 6.42 Å². The van der Waals surface area contributed by atoms with E-state index in [0.717, 1.165) is 5.92 Å². The lowest BCUT2D eigenvalue weighted by Crippen LogP contribution is -2.31. The van der Waals surface area contributed by atoms with Gasteiger partial charge in [-0.3, -0.25) is 4.79 Å². The van der Waals surface area contributed by atoms with Gasteiger partial charge >= 0.3 is 5.97 Å². The minimum Gasteiger partial charge on any atom is -0.469 e. The summed E-state index contributed by atoms with van der Waals surface area (Å²) in [4.78, 5) is 11.4. The SMILES string of the molecule is COC(=O)C[C@@H]1CCC[C@@H]2CCC(C)=C[C@H]21. The van der Waals surface area contributed by atoms with Crippen molar-refractivity contribution in [1.29, 1.82) is 0 Å². The van der Waals surface area contributed by atoms with Crippen molar-refractivity contribution in [1.82, 2.24) is 0 Å². The van der Waals surface area contributed by atoms with Crippen molar-refractivity contribution in [2.24, 2.45) is 17.8 Å². The maximum atomic E-state index is 11.4. The van der Waals surface area contributed by atoms with E-state index in [-0.39, 0.29) is 5.97 Å². The standard InChI is InChI=1S/C14H22O2/c1-10-6-7-11-4-3-5-12(13(11)8-10)9-14(15)16-2/h8,11-13H,3-7,9H2,1-2H3/t11-,12+,13-/m1/s1. The number of allylic oxidation sites excluding steroid dienone is 2. The molecule has 0 aliphatic heterocycles. The van der Waals surface area contributed by atoms with Crippen molar-refractivity contribution in [3.63, 3.8) is 0 Å². The maximum Gasteiger partial charge on any atom is 0.305 e. The first-order valence-electron chi connectivity index (χ1n) is 6.45. The Bertz CT molecular complexity index is 293. The van der Waals surface area contributed by atoms with Gasteiger partial charge in [-0.05, 0) is 50.4 Å². The van der Waals surface area contributed by atoms with Crippen LogP contribution in [0, 0.1) is 17.8 Å². The highest BCUT2D eigenvalue weighted by atomic mass is 16.5. The normalized spacial score (nSPS) is 33.9. The summed E-state index contributed by atoms with van der Waals surface area (Å²) in [6.07, 6.45) is 9.46. The zero-order chi connectivity index (χ0) is 11.5. The molecule has 2 aliphatic rings. The van der Waals surface area contributed by atoms with Gasteiger partial charge in [-0.1, -0.05) is 18.1 Å². The van der Waals surface area contributed by atoms with Crippen LogP contribution in [0.2, 0.25) is 0 Å². The first kappa shape index (κ1) is 11.7. The van der Waals surface area contributed by atoms with E-state index < -0.39 is 0 Å². The van der Waals surface area contributed by atoms with Crippen molar-refractivity contribution < 1.29 is 9.53 Å². The van der Waals surface area contributed by atoms with Crippen LogP contribution >= 0.6 is 0 Å². The Hall–Kier alpha value is -0.790. The third kappa shape index (κ3) is 2.47. The van der Waals surface area contributed by atoms with Gasteiger partial charge in [-0.15, -0.1) is 0 Å². The number of carbonyl (C=O) groups excluding carboxylic acids is 1. The predicted octanol–water partition coefficient (Wildman–Crippen LogP) is 3.32. The second-order valence-electron chi connectivity index (χ2n) is 5.36. The van der Waals surface area contributed by atoms with Crippen LogP contribution in [0.15, 0.2) is 11.6 Å². The second kappa shape index (κ2) is 5.03. The summed E-state index contributed by atoms with van der Waals surface area (Å²) in [5.74, 6) is 1.96. The molecule has 0 N–H and O–H groups in total. The van der Waals surface area contributed by atoms with Crippen molar-refractivity contribution in [3.05, 3.63) is 11.6 Å². The number of fused-ring (bicyclic) bond motifs is 1. The number of hydrogen-bond donors (Lipinski definition) is 0. The van der Waals surface area contributed by atoms with Crippen molar-refractivity contribution in [3.8, 4) is 0 Å². The van der Waals surface area contributed by atoms with Crippen LogP contribution in [-0.2, 0) is 9.53 Å². The maximum absolute atomic E-state index is 11.4. The van der Waals surface area contributed by atoms with E-state index in [4.69, 9.17) is 4.74 Å². The third-order valence-electron chi connectivity index (χ3n) is 4.28. The van der Waals surface area contributed by atoms with Crippen LogP contribution in [0.25, 0.3) is 0 Å². The summed E-state index contributed by atoms with van der Waals surface area (Å²) in [7, 11) is 1.49. The number of esters is 1. The quantitative estimate of drug-likeness (QED) is 0.529. The number of carbonyl (C=O) groups is 1. The monoisotopic (exact) mass is 222 g/mol. The summed E-state index contributed by atoms with van der Waals surface area (Å²) < 4.78 is 4.80. The molecule has 2 rings (SSSR count). The van der Waals surface area contributed by atoms with Crippen molar-refractivity contribution >= 4 is 5.97 Å². The van der Waals surface area contributed by atoms with E-state index in [9.17, 15) is 4.79 Å². The summed E-state index contributed by atoms with van der Waals surface area (Å²) in [6.45, 7) is 2.22. The van der Waals surface area contributed by atoms with Crippen LogP contribution in [0.1, 0.15) is 45.4 Å². The van der Waals surface area contributed by atoms with E-state index in [2.05, 4.69) is 13.0 Å². The molecular formula is C14H22O2. The Balaban J connectivity index is 2.06. The van der Waals surface area contributed by atoms with Gasteiger partial charge < -0.3 is 4.74 Å². The van der Waals surface area contributed by atoms with Gasteiger partial charge in [0.05, 0.1) is 7.11 Å². The molecule has 90 valence electrons. The molecule has 0 bridgehead atoms. The van der Waals surface area contributed by atoms with E-state index in [1.165, 1.54) is 44.8 Å². The van der Waals surface area contributed by atoms with Crippen molar-refractivity contribution in [2.75, 3.05) is 7.11 Å². The molecule has 3 atom stereocenters. The van der Waals surface area contributed by atoms with Crippen LogP contribution in [0.5, 0.6) is 0 Å². The van der Waals surface area contributed by atoms with Crippen LogP contribution < -0.4 is 0 Å². The molecule has 2 aliphatic carbocycles. The zero-order valence-electron chi connectivity index (χ0n) is 10.4. The molecule has 0 aromatic heterocycles. The highest BCUT2D eigenvalue weighted by molar-refractivity contribution is 5.69. The average molecular weight is 222 g/mol. The lowest BCUT2D eigenvalue weighted by atomic mass is 9.66. The van der Waals surface area contributed by atoms with Gasteiger partial charge in [0.25, 0.3) is 0 Å². The topological polar surface area (TPSA) is 26.3 Å². The largest absolute Gasteiger partial charge is 0.469 e. The van der Waals surface area contributed by atoms with Crippen LogP contribution in [0.4, 0.5) is 0 Å². The Kier molecular flexibility index (Phi) is 3.67. The van der Waals surface area contributed by atoms with Gasteiger partial charge in [-0.25, -0.2) is 0 Å². The molecule has 0 aromatic rings. The fourth-order valence-electron chi connectivity index (χ4n) is 3.38. The van der Waals surface area contributed by atoms with E-state index in [1.54, 1.807) is 0 Å². The molecular weight excluding hydrogens is 200 g/mol. The average Bonchev–Trinajstić information content (AvgIpc) is 2.29. The molecule has 1 saturated carbocycles. The summed E-state index contributed by atoms with van der Waals surface area (Å²) in [5, 5.41) is 0. The Morgan fingerprint density at radius 1 is 1.44 bits per heavy atom. The molecule has 2 nitrogen and oxygen atoms in total. The molecule has 0 spiro atoms. The predicted molar refractivity (Wildman–Crippen MR) is 63.9 cm³/mol. The van der Waals surface area contributed by atoms with Crippen LogP contribution in [-0.4, -0.2) is 13.1 Å². The molecule has 0 saturated heterocycles. The smallest absolute Gasteiger partial charge is 0.305 e. The minimum atomic E-state index is -0.0396. The fraction of sp³-hybridized carbons (Fsp3) is 0.786. The first-order valence-corrected chi connectivity index (χ1v) is 6.45. The Labute approximate surface area is 98.1 Å². The van der Waals surface area contributed by atoms with Gasteiger partial charge in [0.15, 0.2) is 0 Å². The number of rotatable bonds is 2. The highest BCUT2D eigenvalue weighted by Crippen LogP contribution is 2.43. The summed E-state index contributed by atoms with van der Waals surface area (Å²) in [6, 6.07) is 0. The fourth-order valence-corrected chi connectivity index (χ4v) is 3.38. The molecule has 0 radical (unpaired) electrons. The zero-order valence-corrected chi connectivity index (χ0v) is 10.4. The molecule has 0 heterocycles. The lowest BCUT2D eigenvalue weighted by molar-refractivity contribution is -0.142. The number of ether oxygens (including phenoxy) is 1. The molecule has 16 heavy (non-hydrogen) atoms. The molecule has 0 aromatic carbocycles.